The second-order valence-electron chi connectivity index (χ2n) is 10.6. The van der Waals surface area contributed by atoms with Crippen molar-refractivity contribution in [2.24, 2.45) is 0 Å². The van der Waals surface area contributed by atoms with Crippen molar-refractivity contribution in [3.8, 4) is 64.3 Å². The van der Waals surface area contributed by atoms with Crippen LogP contribution in [0.25, 0.3) is 75.3 Å². The molecule has 0 saturated heterocycles. The molecular formula is C40H26N2S2. The molecule has 0 amide bonds. The van der Waals surface area contributed by atoms with Crippen molar-refractivity contribution in [1.29, 1.82) is 0 Å². The monoisotopic (exact) mass is 598 g/mol. The van der Waals surface area contributed by atoms with E-state index in [2.05, 4.69) is 146 Å². The number of nitrogens with zero attached hydrogens (tertiary/aromatic N) is 2. The molecule has 0 spiro atoms. The minimum atomic E-state index is 0.888. The molecule has 0 bridgehead atoms. The van der Waals surface area contributed by atoms with Crippen molar-refractivity contribution in [3.63, 3.8) is 0 Å². The third-order valence-electron chi connectivity index (χ3n) is 7.78. The van der Waals surface area contributed by atoms with Crippen molar-refractivity contribution in [3.05, 3.63) is 158 Å². The molecule has 0 atom stereocenters. The molecule has 3 aromatic heterocycles. The zero-order chi connectivity index (χ0) is 29.3. The van der Waals surface area contributed by atoms with E-state index in [1.165, 1.54) is 30.6 Å². The summed E-state index contributed by atoms with van der Waals surface area (Å²) in [5.74, 6) is 0. The van der Waals surface area contributed by atoms with Gasteiger partial charge in [0.05, 0.1) is 22.4 Å². The Bertz CT molecular complexity index is 2040. The highest BCUT2D eigenvalue weighted by Crippen LogP contribution is 2.44. The van der Waals surface area contributed by atoms with Gasteiger partial charge in [-0.2, -0.15) is 0 Å². The van der Waals surface area contributed by atoms with E-state index in [1.54, 1.807) is 22.7 Å². The Balaban J connectivity index is 1.38. The zero-order valence-corrected chi connectivity index (χ0v) is 25.4. The fraction of sp³-hybridized carbons (Fsp3) is 0. The lowest BCUT2D eigenvalue weighted by Crippen LogP contribution is -1.98. The fourth-order valence-electron chi connectivity index (χ4n) is 5.61. The first-order chi connectivity index (χ1) is 21.8. The second kappa shape index (κ2) is 11.5. The standard InChI is InChI=1S/C40H26N2S2/c1-5-13-27(14-6-1)33-23-25-35(43-33)31-21-22-32(36-26-24-34(44-36)28-15-7-2-8-16-28)40-39(31)41-37(29-17-9-3-10-18-29)38(42-40)30-19-11-4-12-20-30/h1-26H. The molecule has 0 aliphatic rings. The maximum atomic E-state index is 5.48. The SMILES string of the molecule is c1ccc(-c2ccc(-c3ccc(-c4ccc(-c5ccccc5)s4)c4nc(-c5ccccc5)c(-c5ccccc5)nc34)s2)cc1. The van der Waals surface area contributed by atoms with Crippen LogP contribution in [0.4, 0.5) is 0 Å². The Labute approximate surface area is 264 Å². The van der Waals surface area contributed by atoms with Crippen LogP contribution in [0.15, 0.2) is 158 Å². The second-order valence-corrected chi connectivity index (χ2v) is 12.7. The van der Waals surface area contributed by atoms with Gasteiger partial charge in [0.2, 0.25) is 0 Å². The summed E-state index contributed by atoms with van der Waals surface area (Å²) in [5, 5.41) is 0. The predicted molar refractivity (Wildman–Crippen MR) is 188 cm³/mol. The summed E-state index contributed by atoms with van der Waals surface area (Å²) in [7, 11) is 0. The van der Waals surface area contributed by atoms with Gasteiger partial charge in [0.1, 0.15) is 0 Å². The lowest BCUT2D eigenvalue weighted by Gasteiger charge is -2.15. The largest absolute Gasteiger partial charge is 0.243 e. The van der Waals surface area contributed by atoms with Gasteiger partial charge in [0.15, 0.2) is 0 Å². The smallest absolute Gasteiger partial charge is 0.0988 e. The van der Waals surface area contributed by atoms with Crippen molar-refractivity contribution in [1.82, 2.24) is 9.97 Å². The quantitative estimate of drug-likeness (QED) is 0.190. The number of thiophene rings is 2. The summed E-state index contributed by atoms with van der Waals surface area (Å²) >= 11 is 3.59. The third-order valence-corrected chi connectivity index (χ3v) is 10.1. The average Bonchev–Trinajstić information content (AvgIpc) is 3.80. The summed E-state index contributed by atoms with van der Waals surface area (Å²) in [5.41, 5.74) is 10.3. The molecule has 0 aliphatic heterocycles. The van der Waals surface area contributed by atoms with Gasteiger partial charge in [-0.1, -0.05) is 133 Å². The highest BCUT2D eigenvalue weighted by atomic mass is 32.1. The van der Waals surface area contributed by atoms with Crippen LogP contribution in [0, 0.1) is 0 Å². The highest BCUT2D eigenvalue weighted by Gasteiger charge is 2.20. The number of hydrogen-bond acceptors (Lipinski definition) is 4. The van der Waals surface area contributed by atoms with Crippen LogP contribution >= 0.6 is 22.7 Å². The van der Waals surface area contributed by atoms with Crippen molar-refractivity contribution >= 4 is 33.7 Å². The minimum Gasteiger partial charge on any atom is -0.243 e. The predicted octanol–water partition coefficient (Wildman–Crippen LogP) is 11.8. The van der Waals surface area contributed by atoms with Crippen LogP contribution in [-0.2, 0) is 0 Å². The number of hydrogen-bond donors (Lipinski definition) is 0. The highest BCUT2D eigenvalue weighted by molar-refractivity contribution is 7.19. The van der Waals surface area contributed by atoms with E-state index < -0.39 is 0 Å². The Morgan fingerprint density at radius 2 is 0.614 bits per heavy atom. The molecule has 44 heavy (non-hydrogen) atoms. The van der Waals surface area contributed by atoms with E-state index in [-0.39, 0.29) is 0 Å². The summed E-state index contributed by atoms with van der Waals surface area (Å²) in [6.07, 6.45) is 0. The molecular weight excluding hydrogens is 573 g/mol. The van der Waals surface area contributed by atoms with Crippen LogP contribution in [0.5, 0.6) is 0 Å². The van der Waals surface area contributed by atoms with Gasteiger partial charge in [0, 0.05) is 41.8 Å². The molecule has 0 saturated carbocycles. The molecule has 5 aromatic carbocycles. The molecule has 4 heteroatoms. The third kappa shape index (κ3) is 4.94. The van der Waals surface area contributed by atoms with E-state index in [9.17, 15) is 0 Å². The van der Waals surface area contributed by atoms with E-state index in [0.29, 0.717) is 0 Å². The van der Waals surface area contributed by atoms with Crippen LogP contribution in [-0.4, -0.2) is 9.97 Å². The molecule has 3 heterocycles. The summed E-state index contributed by atoms with van der Waals surface area (Å²) in [6.45, 7) is 0. The van der Waals surface area contributed by atoms with E-state index in [0.717, 1.165) is 44.7 Å². The molecule has 208 valence electrons. The van der Waals surface area contributed by atoms with Crippen molar-refractivity contribution < 1.29 is 0 Å². The lowest BCUT2D eigenvalue weighted by molar-refractivity contribution is 1.29. The van der Waals surface area contributed by atoms with Crippen molar-refractivity contribution in [2.45, 2.75) is 0 Å². The van der Waals surface area contributed by atoms with E-state index in [4.69, 9.17) is 9.97 Å². The molecule has 8 aromatic rings. The Morgan fingerprint density at radius 1 is 0.295 bits per heavy atom. The van der Waals surface area contributed by atoms with Gasteiger partial charge >= 0.3 is 0 Å². The van der Waals surface area contributed by atoms with Gasteiger partial charge in [-0.25, -0.2) is 9.97 Å². The van der Waals surface area contributed by atoms with Crippen molar-refractivity contribution in [2.75, 3.05) is 0 Å². The molecule has 0 fully saturated rings. The topological polar surface area (TPSA) is 25.8 Å². The zero-order valence-electron chi connectivity index (χ0n) is 23.7. The van der Waals surface area contributed by atoms with Gasteiger partial charge in [-0.3, -0.25) is 0 Å². The van der Waals surface area contributed by atoms with Crippen LogP contribution in [0.1, 0.15) is 0 Å². The average molecular weight is 599 g/mol. The van der Waals surface area contributed by atoms with Crippen LogP contribution < -0.4 is 0 Å². The van der Waals surface area contributed by atoms with Gasteiger partial charge in [-0.15, -0.1) is 22.7 Å². The lowest BCUT2D eigenvalue weighted by atomic mass is 10.0. The maximum absolute atomic E-state index is 5.48. The normalized spacial score (nSPS) is 11.2. The van der Waals surface area contributed by atoms with Gasteiger partial charge in [0.25, 0.3) is 0 Å². The maximum Gasteiger partial charge on any atom is 0.0988 e. The Morgan fingerprint density at radius 3 is 0.977 bits per heavy atom. The number of aromatic nitrogens is 2. The molecule has 0 radical (unpaired) electrons. The summed E-state index contributed by atoms with van der Waals surface area (Å²) in [4.78, 5) is 15.8. The number of fused-ring (bicyclic) bond motifs is 1. The molecule has 0 N–H and O–H groups in total. The first-order valence-electron chi connectivity index (χ1n) is 14.6. The summed E-state index contributed by atoms with van der Waals surface area (Å²) < 4.78 is 0. The molecule has 0 aliphatic carbocycles. The first kappa shape index (κ1) is 26.5. The van der Waals surface area contributed by atoms with E-state index in [1.807, 2.05) is 12.1 Å². The fourth-order valence-corrected chi connectivity index (χ4v) is 7.68. The Kier molecular flexibility index (Phi) is 6.91. The summed E-state index contributed by atoms with van der Waals surface area (Å²) in [6, 6.07) is 55.3. The number of benzene rings is 5. The Hall–Kier alpha value is -5.16. The molecule has 8 rings (SSSR count). The molecule has 2 nitrogen and oxygen atoms in total. The number of rotatable bonds is 6. The van der Waals surface area contributed by atoms with Crippen LogP contribution in [0.2, 0.25) is 0 Å². The van der Waals surface area contributed by atoms with E-state index >= 15 is 0 Å². The first-order valence-corrected chi connectivity index (χ1v) is 16.2. The van der Waals surface area contributed by atoms with Gasteiger partial charge < -0.3 is 0 Å². The molecule has 0 unspecified atom stereocenters. The van der Waals surface area contributed by atoms with Gasteiger partial charge in [-0.05, 0) is 35.4 Å². The van der Waals surface area contributed by atoms with Crippen LogP contribution in [0.3, 0.4) is 0 Å². The minimum absolute atomic E-state index is 0.888.